The van der Waals surface area contributed by atoms with Gasteiger partial charge in [0.05, 0.1) is 17.2 Å². The van der Waals surface area contributed by atoms with Crippen molar-refractivity contribution >= 4 is 21.7 Å². The summed E-state index contributed by atoms with van der Waals surface area (Å²) in [4.78, 5) is 14.7. The van der Waals surface area contributed by atoms with Crippen LogP contribution >= 0.6 is 15.9 Å². The Morgan fingerprint density at radius 2 is 2.05 bits per heavy atom. The highest BCUT2D eigenvalue weighted by molar-refractivity contribution is 9.10. The molecule has 0 aliphatic heterocycles. The van der Waals surface area contributed by atoms with Gasteiger partial charge in [-0.2, -0.15) is 5.10 Å². The smallest absolute Gasteiger partial charge is 0.186 e. The molecule has 1 aromatic carbocycles. The number of aryl methyl sites for hydroxylation is 1. The van der Waals surface area contributed by atoms with Crippen LogP contribution in [0.4, 0.5) is 0 Å². The number of ketones is 1. The molecular formula is C16H20BrN3O. The lowest BCUT2D eigenvalue weighted by molar-refractivity contribution is 0.0981. The van der Waals surface area contributed by atoms with Crippen molar-refractivity contribution in [2.45, 2.75) is 19.9 Å². The molecule has 0 bridgehead atoms. The summed E-state index contributed by atoms with van der Waals surface area (Å²) in [5.74, 6) is 0.0902. The molecule has 0 aliphatic rings. The molecule has 21 heavy (non-hydrogen) atoms. The fourth-order valence-electron chi connectivity index (χ4n) is 2.17. The Morgan fingerprint density at radius 1 is 1.33 bits per heavy atom. The quantitative estimate of drug-likeness (QED) is 0.752. The molecule has 0 fully saturated rings. The van der Waals surface area contributed by atoms with E-state index in [2.05, 4.69) is 25.9 Å². The van der Waals surface area contributed by atoms with Crippen LogP contribution in [0.5, 0.6) is 0 Å². The first-order valence-corrected chi connectivity index (χ1v) is 7.72. The molecule has 1 heterocycles. The number of aromatic nitrogens is 2. The Morgan fingerprint density at radius 3 is 2.71 bits per heavy atom. The lowest BCUT2D eigenvalue weighted by Crippen LogP contribution is -2.22. The molecule has 0 spiro atoms. The van der Waals surface area contributed by atoms with Crippen LogP contribution in [0.15, 0.2) is 34.9 Å². The highest BCUT2D eigenvalue weighted by Gasteiger charge is 2.18. The fourth-order valence-corrected chi connectivity index (χ4v) is 2.69. The third-order valence-corrected chi connectivity index (χ3v) is 4.01. The van der Waals surface area contributed by atoms with E-state index in [0.717, 1.165) is 22.1 Å². The number of carbonyl (C=O) groups excluding carboxylic acids is 1. The van der Waals surface area contributed by atoms with E-state index in [-0.39, 0.29) is 5.78 Å². The Hall–Kier alpha value is -1.46. The van der Waals surface area contributed by atoms with E-state index in [1.165, 1.54) is 0 Å². The summed E-state index contributed by atoms with van der Waals surface area (Å²) in [6.45, 7) is 3.58. The third kappa shape index (κ3) is 4.02. The molecule has 0 radical (unpaired) electrons. The first-order valence-electron chi connectivity index (χ1n) is 6.92. The lowest BCUT2D eigenvalue weighted by atomic mass is 10.0. The molecule has 2 rings (SSSR count). The van der Waals surface area contributed by atoms with Crippen molar-refractivity contribution < 1.29 is 4.79 Å². The molecule has 4 nitrogen and oxygen atoms in total. The zero-order valence-electron chi connectivity index (χ0n) is 12.6. The van der Waals surface area contributed by atoms with Gasteiger partial charge >= 0.3 is 0 Å². The summed E-state index contributed by atoms with van der Waals surface area (Å²) in [6, 6.07) is 7.98. The second kappa shape index (κ2) is 7.00. The zero-order chi connectivity index (χ0) is 15.4. The van der Waals surface area contributed by atoms with Crippen molar-refractivity contribution in [2.24, 2.45) is 0 Å². The molecular weight excluding hydrogens is 330 g/mol. The van der Waals surface area contributed by atoms with E-state index < -0.39 is 0 Å². The number of halogens is 1. The monoisotopic (exact) mass is 349 g/mol. The van der Waals surface area contributed by atoms with Gasteiger partial charge in [0.25, 0.3) is 0 Å². The summed E-state index contributed by atoms with van der Waals surface area (Å²) < 4.78 is 2.55. The number of rotatable bonds is 6. The Bertz CT molecular complexity index is 634. The van der Waals surface area contributed by atoms with Crippen LogP contribution < -0.4 is 0 Å². The number of Topliss-reactive ketones (excluding diaryl/α,β-unsaturated/α-hetero) is 1. The normalized spacial score (nSPS) is 11.1. The summed E-state index contributed by atoms with van der Waals surface area (Å²) in [5.41, 5.74) is 2.86. The van der Waals surface area contributed by atoms with Crippen molar-refractivity contribution in [1.82, 2.24) is 14.7 Å². The third-order valence-electron chi connectivity index (χ3n) is 3.43. The Kier molecular flexibility index (Phi) is 5.31. The molecule has 2 aromatic rings. The number of nitrogens with zero attached hydrogens (tertiary/aromatic N) is 3. The first kappa shape index (κ1) is 15.9. The number of benzene rings is 1. The van der Waals surface area contributed by atoms with Gasteiger partial charge in [-0.15, -0.1) is 0 Å². The molecule has 1 aromatic heterocycles. The van der Waals surface area contributed by atoms with Crippen LogP contribution in [-0.2, 0) is 13.0 Å². The lowest BCUT2D eigenvalue weighted by Gasteiger charge is -2.12. The molecule has 5 heteroatoms. The van der Waals surface area contributed by atoms with E-state index >= 15 is 0 Å². The van der Waals surface area contributed by atoms with Gasteiger partial charge in [-0.25, -0.2) is 0 Å². The average molecular weight is 350 g/mol. The van der Waals surface area contributed by atoms with Crippen molar-refractivity contribution in [1.29, 1.82) is 0 Å². The topological polar surface area (TPSA) is 38.1 Å². The molecule has 0 aliphatic carbocycles. The van der Waals surface area contributed by atoms with E-state index in [1.807, 2.05) is 45.3 Å². The number of hydrogen-bond donors (Lipinski definition) is 0. The predicted molar refractivity (Wildman–Crippen MR) is 87.7 cm³/mol. The molecule has 0 amide bonds. The van der Waals surface area contributed by atoms with Gasteiger partial charge < -0.3 is 4.90 Å². The minimum atomic E-state index is 0.0902. The van der Waals surface area contributed by atoms with Crippen LogP contribution in [0.3, 0.4) is 0 Å². The molecule has 0 atom stereocenters. The SMILES string of the molecule is Cc1ccccc1CC(=O)c1c(Br)cnn1CCN(C)C. The van der Waals surface area contributed by atoms with Crippen LogP contribution in [0.2, 0.25) is 0 Å². The number of carbonyl (C=O) groups is 1. The maximum Gasteiger partial charge on any atom is 0.186 e. The highest BCUT2D eigenvalue weighted by Crippen LogP contribution is 2.19. The van der Waals surface area contributed by atoms with Gasteiger partial charge in [0, 0.05) is 13.0 Å². The molecule has 0 unspecified atom stereocenters. The second-order valence-electron chi connectivity index (χ2n) is 5.39. The van der Waals surface area contributed by atoms with Gasteiger partial charge in [0.1, 0.15) is 5.69 Å². The Balaban J connectivity index is 2.19. The van der Waals surface area contributed by atoms with Crippen molar-refractivity contribution in [3.05, 3.63) is 51.8 Å². The highest BCUT2D eigenvalue weighted by atomic mass is 79.9. The van der Waals surface area contributed by atoms with Crippen LogP contribution in [0, 0.1) is 6.92 Å². The maximum atomic E-state index is 12.6. The van der Waals surface area contributed by atoms with E-state index in [4.69, 9.17) is 0 Å². The second-order valence-corrected chi connectivity index (χ2v) is 6.25. The van der Waals surface area contributed by atoms with Gasteiger partial charge in [0.15, 0.2) is 5.78 Å². The zero-order valence-corrected chi connectivity index (χ0v) is 14.2. The molecule has 0 saturated heterocycles. The minimum Gasteiger partial charge on any atom is -0.308 e. The van der Waals surface area contributed by atoms with Gasteiger partial charge in [0.2, 0.25) is 0 Å². The maximum absolute atomic E-state index is 12.6. The summed E-state index contributed by atoms with van der Waals surface area (Å²) in [6.07, 6.45) is 2.10. The summed E-state index contributed by atoms with van der Waals surface area (Å²) >= 11 is 3.44. The first-order chi connectivity index (χ1) is 9.99. The standard InChI is InChI=1S/C16H20BrN3O/c1-12-6-4-5-7-13(12)10-15(21)16-14(17)11-18-20(16)9-8-19(2)3/h4-7,11H,8-10H2,1-3H3. The van der Waals surface area contributed by atoms with E-state index in [9.17, 15) is 4.79 Å². The number of likely N-dealkylation sites (N-methyl/N-ethyl adjacent to an activating group) is 1. The van der Waals surface area contributed by atoms with Crippen LogP contribution in [0.25, 0.3) is 0 Å². The van der Waals surface area contributed by atoms with Crippen molar-refractivity contribution in [2.75, 3.05) is 20.6 Å². The largest absolute Gasteiger partial charge is 0.308 e. The minimum absolute atomic E-state index is 0.0902. The van der Waals surface area contributed by atoms with Crippen LogP contribution in [-0.4, -0.2) is 41.1 Å². The van der Waals surface area contributed by atoms with Gasteiger partial charge in [-0.3, -0.25) is 9.48 Å². The fraction of sp³-hybridized carbons (Fsp3) is 0.375. The van der Waals surface area contributed by atoms with Gasteiger partial charge in [-0.1, -0.05) is 24.3 Å². The van der Waals surface area contributed by atoms with E-state index in [0.29, 0.717) is 18.7 Å². The average Bonchev–Trinajstić information content (AvgIpc) is 2.80. The number of hydrogen-bond acceptors (Lipinski definition) is 3. The molecule has 0 saturated carbocycles. The van der Waals surface area contributed by atoms with Crippen LogP contribution in [0.1, 0.15) is 21.6 Å². The summed E-state index contributed by atoms with van der Waals surface area (Å²) in [7, 11) is 4.01. The van der Waals surface area contributed by atoms with Crippen molar-refractivity contribution in [3.63, 3.8) is 0 Å². The Labute approximate surface area is 133 Å². The van der Waals surface area contributed by atoms with E-state index in [1.54, 1.807) is 10.9 Å². The predicted octanol–water partition coefficient (Wildman–Crippen LogP) is 2.94. The molecule has 0 N–H and O–H groups in total. The van der Waals surface area contributed by atoms with Gasteiger partial charge in [-0.05, 0) is 48.1 Å². The molecule has 112 valence electrons. The summed E-state index contributed by atoms with van der Waals surface area (Å²) in [5, 5.41) is 4.30. The van der Waals surface area contributed by atoms with Crippen molar-refractivity contribution in [3.8, 4) is 0 Å².